The molecule has 0 amide bonds. The third kappa shape index (κ3) is 4.63. The molecule has 0 radical (unpaired) electrons. The zero-order chi connectivity index (χ0) is 20.3. The number of aryl methyl sites for hydroxylation is 1. The fraction of sp³-hybridized carbons (Fsp3) is 0.409. The minimum absolute atomic E-state index is 0.0116. The van der Waals surface area contributed by atoms with Gasteiger partial charge in [0.25, 0.3) is 5.56 Å². The van der Waals surface area contributed by atoms with Crippen LogP contribution in [-0.4, -0.2) is 30.9 Å². The molecule has 0 aliphatic rings. The van der Waals surface area contributed by atoms with Crippen LogP contribution in [0.1, 0.15) is 17.2 Å². The van der Waals surface area contributed by atoms with Crippen LogP contribution in [-0.2, 0) is 23.3 Å². The van der Waals surface area contributed by atoms with Crippen molar-refractivity contribution in [1.82, 2.24) is 9.13 Å². The van der Waals surface area contributed by atoms with Gasteiger partial charge in [0, 0.05) is 58.4 Å². The number of benzene rings is 1. The summed E-state index contributed by atoms with van der Waals surface area (Å²) in [4.78, 5) is 12.7. The first-order valence-electron chi connectivity index (χ1n) is 9.64. The van der Waals surface area contributed by atoms with Gasteiger partial charge in [-0.1, -0.05) is 50.0 Å². The summed E-state index contributed by atoms with van der Waals surface area (Å²) in [7, 11) is 2.37. The van der Waals surface area contributed by atoms with Crippen LogP contribution >= 0.6 is 0 Å². The van der Waals surface area contributed by atoms with Gasteiger partial charge in [-0.3, -0.25) is 4.79 Å². The lowest BCUT2D eigenvalue weighted by atomic mass is 10.00. The number of nitrogens with zero attached hydrogens (tertiary/aromatic N) is 2. The second-order valence-corrected chi connectivity index (χ2v) is 14.1. The zero-order valence-corrected chi connectivity index (χ0v) is 18.4. The van der Waals surface area contributed by atoms with Crippen LogP contribution < -0.4 is 5.56 Å². The average Bonchev–Trinajstić information content (AvgIpc) is 3.08. The summed E-state index contributed by atoms with van der Waals surface area (Å²) in [6, 6.07) is 11.2. The molecule has 28 heavy (non-hydrogen) atoms. The molecule has 2 heterocycles. The molecule has 1 aromatic carbocycles. The van der Waals surface area contributed by atoms with Gasteiger partial charge in [-0.2, -0.15) is 0 Å². The SMILES string of the molecule is COC(c1ccccc1)c1cn(C)c(=O)c2cn(COCC[Si](C)(C)C)cc12. The zero-order valence-electron chi connectivity index (χ0n) is 17.4. The van der Waals surface area contributed by atoms with Crippen LogP contribution in [0.4, 0.5) is 0 Å². The van der Waals surface area contributed by atoms with Gasteiger partial charge in [-0.05, 0) is 11.6 Å². The van der Waals surface area contributed by atoms with E-state index in [1.807, 2.05) is 53.5 Å². The average molecular weight is 399 g/mol. The summed E-state index contributed by atoms with van der Waals surface area (Å²) >= 11 is 0. The van der Waals surface area contributed by atoms with Crippen LogP contribution in [0.3, 0.4) is 0 Å². The molecule has 3 aromatic rings. The smallest absolute Gasteiger partial charge is 0.259 e. The first-order valence-corrected chi connectivity index (χ1v) is 13.4. The summed E-state index contributed by atoms with van der Waals surface area (Å²) in [6.45, 7) is 8.21. The van der Waals surface area contributed by atoms with E-state index in [1.54, 1.807) is 18.7 Å². The van der Waals surface area contributed by atoms with Gasteiger partial charge in [0.1, 0.15) is 12.8 Å². The maximum Gasteiger partial charge on any atom is 0.259 e. The Kier molecular flexibility index (Phi) is 6.22. The van der Waals surface area contributed by atoms with Crippen molar-refractivity contribution in [1.29, 1.82) is 0 Å². The molecule has 0 aliphatic carbocycles. The maximum absolute atomic E-state index is 12.7. The largest absolute Gasteiger partial charge is 0.372 e. The van der Waals surface area contributed by atoms with E-state index in [1.165, 1.54) is 0 Å². The van der Waals surface area contributed by atoms with Crippen molar-refractivity contribution >= 4 is 18.8 Å². The van der Waals surface area contributed by atoms with Gasteiger partial charge in [0.15, 0.2) is 0 Å². The molecule has 0 saturated carbocycles. The number of ether oxygens (including phenoxy) is 2. The molecule has 150 valence electrons. The van der Waals surface area contributed by atoms with E-state index in [2.05, 4.69) is 19.6 Å². The number of hydrogen-bond acceptors (Lipinski definition) is 3. The molecule has 1 unspecified atom stereocenters. The first kappa shape index (κ1) is 20.6. The highest BCUT2D eigenvalue weighted by molar-refractivity contribution is 6.76. The molecule has 0 fully saturated rings. The molecule has 2 aromatic heterocycles. The van der Waals surface area contributed by atoms with E-state index < -0.39 is 8.07 Å². The van der Waals surface area contributed by atoms with E-state index in [0.717, 1.165) is 29.2 Å². The second kappa shape index (κ2) is 8.47. The van der Waals surface area contributed by atoms with Gasteiger partial charge in [0.2, 0.25) is 0 Å². The lowest BCUT2D eigenvalue weighted by molar-refractivity contribution is 0.0877. The summed E-state index contributed by atoms with van der Waals surface area (Å²) in [6.07, 6.45) is 5.52. The van der Waals surface area contributed by atoms with Gasteiger partial charge in [-0.15, -0.1) is 0 Å². The molecule has 0 spiro atoms. The van der Waals surface area contributed by atoms with Crippen molar-refractivity contribution in [2.75, 3.05) is 13.7 Å². The monoisotopic (exact) mass is 398 g/mol. The number of fused-ring (bicyclic) bond motifs is 1. The highest BCUT2D eigenvalue weighted by Crippen LogP contribution is 2.30. The predicted octanol–water partition coefficient (Wildman–Crippen LogP) is 4.39. The first-order chi connectivity index (χ1) is 13.3. The van der Waals surface area contributed by atoms with Crippen LogP contribution in [0.25, 0.3) is 10.8 Å². The second-order valence-electron chi connectivity index (χ2n) is 8.47. The van der Waals surface area contributed by atoms with Gasteiger partial charge in [0.05, 0.1) is 5.39 Å². The predicted molar refractivity (Wildman–Crippen MR) is 117 cm³/mol. The van der Waals surface area contributed by atoms with E-state index in [-0.39, 0.29) is 11.7 Å². The Bertz CT molecular complexity index is 987. The van der Waals surface area contributed by atoms with Crippen LogP contribution in [0.5, 0.6) is 0 Å². The molecular formula is C22H30N2O3Si. The number of methoxy groups -OCH3 is 1. The van der Waals surface area contributed by atoms with Crippen molar-refractivity contribution in [2.45, 2.75) is 38.5 Å². The number of pyridine rings is 1. The Labute approximate surface area is 167 Å². The summed E-state index contributed by atoms with van der Waals surface area (Å²) in [5.74, 6) is 0. The quantitative estimate of drug-likeness (QED) is 0.418. The van der Waals surface area contributed by atoms with Crippen molar-refractivity contribution in [2.24, 2.45) is 7.05 Å². The van der Waals surface area contributed by atoms with Crippen molar-refractivity contribution < 1.29 is 9.47 Å². The molecule has 0 saturated heterocycles. The lowest BCUT2D eigenvalue weighted by Crippen LogP contribution is -2.21. The number of aromatic nitrogens is 2. The molecular weight excluding hydrogens is 368 g/mol. The van der Waals surface area contributed by atoms with Crippen molar-refractivity contribution in [3.63, 3.8) is 0 Å². The van der Waals surface area contributed by atoms with Gasteiger partial charge >= 0.3 is 0 Å². The Morgan fingerprint density at radius 3 is 2.36 bits per heavy atom. The third-order valence-corrected chi connectivity index (χ3v) is 6.64. The fourth-order valence-electron chi connectivity index (χ4n) is 3.34. The Balaban J connectivity index is 1.94. The standard InChI is InChI=1S/C22H30N2O3Si/c1-23-13-19(21(26-2)17-9-7-6-8-10-17)18-14-24(15-20(18)22(23)25)16-27-11-12-28(3,4)5/h6-10,13-15,21H,11-12,16H2,1-5H3. The van der Waals surface area contributed by atoms with E-state index in [9.17, 15) is 4.79 Å². The molecule has 6 heteroatoms. The molecule has 3 rings (SSSR count). The van der Waals surface area contributed by atoms with E-state index in [4.69, 9.17) is 9.47 Å². The van der Waals surface area contributed by atoms with E-state index in [0.29, 0.717) is 12.1 Å². The van der Waals surface area contributed by atoms with Crippen LogP contribution in [0.2, 0.25) is 25.7 Å². The Morgan fingerprint density at radius 1 is 1.04 bits per heavy atom. The Hall–Kier alpha value is -2.15. The van der Waals surface area contributed by atoms with Crippen molar-refractivity contribution in [3.05, 3.63) is 70.4 Å². The van der Waals surface area contributed by atoms with E-state index >= 15 is 0 Å². The summed E-state index contributed by atoms with van der Waals surface area (Å²) in [5, 5.41) is 1.60. The Morgan fingerprint density at radius 2 is 1.71 bits per heavy atom. The third-order valence-electron chi connectivity index (χ3n) is 4.93. The topological polar surface area (TPSA) is 45.4 Å². The highest BCUT2D eigenvalue weighted by atomic mass is 28.3. The lowest BCUT2D eigenvalue weighted by Gasteiger charge is -2.18. The summed E-state index contributed by atoms with van der Waals surface area (Å²) in [5.41, 5.74) is 2.03. The normalized spacial score (nSPS) is 13.2. The number of rotatable bonds is 8. The van der Waals surface area contributed by atoms with Crippen LogP contribution in [0.15, 0.2) is 53.7 Å². The number of hydrogen-bond donors (Lipinski definition) is 0. The van der Waals surface area contributed by atoms with Crippen LogP contribution in [0, 0.1) is 0 Å². The molecule has 0 bridgehead atoms. The minimum atomic E-state index is -1.11. The fourth-order valence-corrected chi connectivity index (χ4v) is 4.09. The van der Waals surface area contributed by atoms with Gasteiger partial charge in [-0.25, -0.2) is 0 Å². The minimum Gasteiger partial charge on any atom is -0.372 e. The van der Waals surface area contributed by atoms with Gasteiger partial charge < -0.3 is 18.6 Å². The molecule has 1 atom stereocenters. The molecule has 0 aliphatic heterocycles. The summed E-state index contributed by atoms with van der Waals surface area (Å²) < 4.78 is 15.3. The maximum atomic E-state index is 12.7. The van der Waals surface area contributed by atoms with Crippen molar-refractivity contribution in [3.8, 4) is 0 Å². The molecule has 5 nitrogen and oxygen atoms in total. The molecule has 0 N–H and O–H groups in total. The highest BCUT2D eigenvalue weighted by Gasteiger charge is 2.20.